The van der Waals surface area contributed by atoms with Gasteiger partial charge < -0.3 is 20.3 Å². The van der Waals surface area contributed by atoms with Gasteiger partial charge in [0.05, 0.1) is 19.6 Å². The molecule has 1 atom stereocenters. The summed E-state index contributed by atoms with van der Waals surface area (Å²) in [6, 6.07) is 7.09. The minimum Gasteiger partial charge on any atom is -0.497 e. The van der Waals surface area contributed by atoms with Crippen LogP contribution in [0.1, 0.15) is 51.1 Å². The number of rotatable bonds is 9. The number of carbonyl (C=O) groups excluding carboxylic acids is 2. The molecule has 1 aromatic carbocycles. The van der Waals surface area contributed by atoms with Crippen LogP contribution in [0.4, 0.5) is 0 Å². The molecule has 27 heavy (non-hydrogen) atoms. The standard InChI is InChI=1S/C21H33N3O3/c1-16-9-13-24(14-10-16)12-4-11-22-21(26)15-20(23-17(2)25)18-5-7-19(27-3)8-6-18/h5-8,16,20H,4,9-15H2,1-3H3,(H,22,26)(H,23,25). The SMILES string of the molecule is COc1ccc(C(CC(=O)NCCCN2CCC(C)CC2)NC(C)=O)cc1. The fourth-order valence-corrected chi connectivity index (χ4v) is 3.41. The highest BCUT2D eigenvalue weighted by Gasteiger charge is 2.18. The summed E-state index contributed by atoms with van der Waals surface area (Å²) in [4.78, 5) is 26.3. The number of hydrogen-bond acceptors (Lipinski definition) is 4. The van der Waals surface area contributed by atoms with E-state index in [1.165, 1.54) is 19.8 Å². The Morgan fingerprint density at radius 2 is 1.89 bits per heavy atom. The van der Waals surface area contributed by atoms with Gasteiger partial charge in [0.25, 0.3) is 0 Å². The zero-order valence-corrected chi connectivity index (χ0v) is 16.8. The van der Waals surface area contributed by atoms with E-state index in [0.29, 0.717) is 6.54 Å². The van der Waals surface area contributed by atoms with Crippen molar-refractivity contribution in [3.63, 3.8) is 0 Å². The van der Waals surface area contributed by atoms with E-state index in [2.05, 4.69) is 22.5 Å². The minimum absolute atomic E-state index is 0.0446. The molecule has 150 valence electrons. The van der Waals surface area contributed by atoms with Crippen molar-refractivity contribution < 1.29 is 14.3 Å². The molecule has 2 amide bonds. The number of benzene rings is 1. The van der Waals surface area contributed by atoms with Crippen molar-refractivity contribution in [2.75, 3.05) is 33.3 Å². The van der Waals surface area contributed by atoms with Gasteiger partial charge in [-0.3, -0.25) is 9.59 Å². The lowest BCUT2D eigenvalue weighted by Gasteiger charge is -2.30. The second kappa shape index (κ2) is 10.9. The molecule has 1 heterocycles. The number of nitrogens with zero attached hydrogens (tertiary/aromatic N) is 1. The van der Waals surface area contributed by atoms with E-state index in [4.69, 9.17) is 4.74 Å². The maximum atomic E-state index is 12.3. The summed E-state index contributed by atoms with van der Waals surface area (Å²) in [7, 11) is 1.61. The monoisotopic (exact) mass is 375 g/mol. The fraction of sp³-hybridized carbons (Fsp3) is 0.619. The van der Waals surface area contributed by atoms with Crippen molar-refractivity contribution in [3.05, 3.63) is 29.8 Å². The number of nitrogens with one attached hydrogen (secondary N) is 2. The topological polar surface area (TPSA) is 70.7 Å². The molecule has 1 unspecified atom stereocenters. The molecule has 0 bridgehead atoms. The van der Waals surface area contributed by atoms with Crippen LogP contribution in [-0.2, 0) is 9.59 Å². The Balaban J connectivity index is 1.76. The van der Waals surface area contributed by atoms with Crippen LogP contribution in [0, 0.1) is 5.92 Å². The maximum Gasteiger partial charge on any atom is 0.222 e. The van der Waals surface area contributed by atoms with Crippen LogP contribution in [-0.4, -0.2) is 50.0 Å². The smallest absolute Gasteiger partial charge is 0.222 e. The van der Waals surface area contributed by atoms with E-state index >= 15 is 0 Å². The molecule has 2 rings (SSSR count). The summed E-state index contributed by atoms with van der Waals surface area (Å²) < 4.78 is 5.16. The fourth-order valence-electron chi connectivity index (χ4n) is 3.41. The summed E-state index contributed by atoms with van der Waals surface area (Å²) in [5.41, 5.74) is 0.892. The zero-order chi connectivity index (χ0) is 19.6. The predicted molar refractivity (Wildman–Crippen MR) is 107 cm³/mol. The highest BCUT2D eigenvalue weighted by molar-refractivity contribution is 5.79. The maximum absolute atomic E-state index is 12.3. The number of carbonyl (C=O) groups is 2. The minimum atomic E-state index is -0.336. The second-order valence-electron chi connectivity index (χ2n) is 7.46. The highest BCUT2D eigenvalue weighted by atomic mass is 16.5. The van der Waals surface area contributed by atoms with Crippen LogP contribution < -0.4 is 15.4 Å². The first-order valence-corrected chi connectivity index (χ1v) is 9.88. The van der Waals surface area contributed by atoms with E-state index < -0.39 is 0 Å². The molecular formula is C21H33N3O3. The Labute approximate surface area is 162 Å². The van der Waals surface area contributed by atoms with Crippen LogP contribution >= 0.6 is 0 Å². The first-order chi connectivity index (χ1) is 13.0. The summed E-state index contributed by atoms with van der Waals surface area (Å²) in [6.07, 6.45) is 3.72. The summed E-state index contributed by atoms with van der Waals surface area (Å²) in [5.74, 6) is 1.39. The van der Waals surface area contributed by atoms with E-state index in [-0.39, 0.29) is 24.3 Å². The van der Waals surface area contributed by atoms with Gasteiger partial charge in [0, 0.05) is 13.5 Å². The average molecular weight is 376 g/mol. The molecule has 0 spiro atoms. The Morgan fingerprint density at radius 1 is 1.22 bits per heavy atom. The number of hydrogen-bond donors (Lipinski definition) is 2. The van der Waals surface area contributed by atoms with E-state index in [1.807, 2.05) is 24.3 Å². The zero-order valence-electron chi connectivity index (χ0n) is 16.8. The summed E-state index contributed by atoms with van der Waals surface area (Å²) in [5, 5.41) is 5.85. The number of piperidine rings is 1. The molecule has 0 aromatic heterocycles. The van der Waals surface area contributed by atoms with E-state index in [0.717, 1.165) is 43.3 Å². The number of methoxy groups -OCH3 is 1. The quantitative estimate of drug-likeness (QED) is 0.651. The molecule has 1 saturated heterocycles. The molecule has 1 aromatic rings. The third-order valence-corrected chi connectivity index (χ3v) is 5.13. The van der Waals surface area contributed by atoms with E-state index in [1.54, 1.807) is 7.11 Å². The van der Waals surface area contributed by atoms with Crippen LogP contribution in [0.2, 0.25) is 0 Å². The highest BCUT2D eigenvalue weighted by Crippen LogP contribution is 2.20. The van der Waals surface area contributed by atoms with Crippen molar-refractivity contribution in [2.45, 2.75) is 45.6 Å². The Bertz CT molecular complexity index is 595. The number of likely N-dealkylation sites (tertiary alicyclic amines) is 1. The molecule has 1 aliphatic rings. The lowest BCUT2D eigenvalue weighted by atomic mass is 9.99. The largest absolute Gasteiger partial charge is 0.497 e. The molecule has 6 nitrogen and oxygen atoms in total. The normalized spacial score (nSPS) is 16.6. The molecule has 2 N–H and O–H groups in total. The van der Waals surface area contributed by atoms with Gasteiger partial charge in [-0.25, -0.2) is 0 Å². The van der Waals surface area contributed by atoms with Gasteiger partial charge in [-0.15, -0.1) is 0 Å². The number of ether oxygens (including phenoxy) is 1. The average Bonchev–Trinajstić information content (AvgIpc) is 2.66. The van der Waals surface area contributed by atoms with Crippen LogP contribution in [0.5, 0.6) is 5.75 Å². The van der Waals surface area contributed by atoms with Crippen LogP contribution in [0.15, 0.2) is 24.3 Å². The Hall–Kier alpha value is -2.08. The van der Waals surface area contributed by atoms with Crippen molar-refractivity contribution in [2.24, 2.45) is 5.92 Å². The van der Waals surface area contributed by atoms with Crippen LogP contribution in [0.25, 0.3) is 0 Å². The Morgan fingerprint density at radius 3 is 2.48 bits per heavy atom. The lowest BCUT2D eigenvalue weighted by molar-refractivity contribution is -0.122. The van der Waals surface area contributed by atoms with Gasteiger partial charge >= 0.3 is 0 Å². The number of amides is 2. The van der Waals surface area contributed by atoms with Gasteiger partial charge in [-0.2, -0.15) is 0 Å². The van der Waals surface area contributed by atoms with E-state index in [9.17, 15) is 9.59 Å². The van der Waals surface area contributed by atoms with Crippen molar-refractivity contribution in [3.8, 4) is 5.75 Å². The molecule has 1 aliphatic heterocycles. The molecule has 0 saturated carbocycles. The van der Waals surface area contributed by atoms with Crippen molar-refractivity contribution >= 4 is 11.8 Å². The first-order valence-electron chi connectivity index (χ1n) is 9.88. The summed E-state index contributed by atoms with van der Waals surface area (Å²) in [6.45, 7) is 7.80. The second-order valence-corrected chi connectivity index (χ2v) is 7.46. The molecule has 1 fully saturated rings. The van der Waals surface area contributed by atoms with Gasteiger partial charge in [-0.05, 0) is 62.5 Å². The molecular weight excluding hydrogens is 342 g/mol. The van der Waals surface area contributed by atoms with Crippen LogP contribution in [0.3, 0.4) is 0 Å². The van der Waals surface area contributed by atoms with Gasteiger partial charge in [0.2, 0.25) is 11.8 Å². The van der Waals surface area contributed by atoms with Gasteiger partial charge in [0.15, 0.2) is 0 Å². The third kappa shape index (κ3) is 7.59. The lowest BCUT2D eigenvalue weighted by Crippen LogP contribution is -2.36. The predicted octanol–water partition coefficient (Wildman–Crippen LogP) is 2.50. The van der Waals surface area contributed by atoms with Gasteiger partial charge in [0.1, 0.15) is 5.75 Å². The van der Waals surface area contributed by atoms with Crippen molar-refractivity contribution in [1.82, 2.24) is 15.5 Å². The molecule has 0 aliphatic carbocycles. The van der Waals surface area contributed by atoms with Gasteiger partial charge in [-0.1, -0.05) is 19.1 Å². The molecule has 6 heteroatoms. The third-order valence-electron chi connectivity index (χ3n) is 5.13. The first kappa shape index (κ1) is 21.2. The van der Waals surface area contributed by atoms with Crippen molar-refractivity contribution in [1.29, 1.82) is 0 Å². The Kier molecular flexibility index (Phi) is 8.58. The summed E-state index contributed by atoms with van der Waals surface area (Å²) >= 11 is 0. The molecule has 0 radical (unpaired) electrons.